The van der Waals surface area contributed by atoms with Crippen LogP contribution in [0.5, 0.6) is 0 Å². The second kappa shape index (κ2) is 8.21. The number of carbonyl (C=O) groups excluding carboxylic acids is 1. The molecular formula is C16H17N5O2S2. The van der Waals surface area contributed by atoms with Crippen molar-refractivity contribution in [3.05, 3.63) is 40.6 Å². The largest absolute Gasteiger partial charge is 0.411 e. The number of hydrogen-bond donors (Lipinski definition) is 1. The van der Waals surface area contributed by atoms with Crippen molar-refractivity contribution in [2.24, 2.45) is 0 Å². The normalized spacial score (nSPS) is 12.1. The van der Waals surface area contributed by atoms with E-state index in [-0.39, 0.29) is 11.9 Å². The lowest BCUT2D eigenvalue weighted by Crippen LogP contribution is -2.26. The average molecular weight is 375 g/mol. The van der Waals surface area contributed by atoms with Crippen molar-refractivity contribution >= 4 is 29.0 Å². The zero-order chi connectivity index (χ0) is 17.6. The topological polar surface area (TPSA) is 93.8 Å². The number of thioether (sulfide) groups is 1. The fraction of sp³-hybridized carbons (Fsp3) is 0.312. The molecule has 0 spiro atoms. The summed E-state index contributed by atoms with van der Waals surface area (Å²) in [6.45, 7) is 3.87. The van der Waals surface area contributed by atoms with Crippen molar-refractivity contribution in [1.82, 2.24) is 25.5 Å². The third-order valence-electron chi connectivity index (χ3n) is 3.27. The van der Waals surface area contributed by atoms with E-state index in [1.165, 1.54) is 11.8 Å². The molecule has 0 aliphatic heterocycles. The van der Waals surface area contributed by atoms with Crippen LogP contribution in [0.15, 0.2) is 39.5 Å². The third kappa shape index (κ3) is 4.86. The Morgan fingerprint density at radius 3 is 2.88 bits per heavy atom. The van der Waals surface area contributed by atoms with Crippen molar-refractivity contribution in [3.8, 4) is 11.5 Å². The molecule has 0 bridgehead atoms. The molecule has 9 heteroatoms. The summed E-state index contributed by atoms with van der Waals surface area (Å²) in [5.41, 5.74) is 1.79. The number of nitrogens with one attached hydrogen (secondary N) is 1. The van der Waals surface area contributed by atoms with Gasteiger partial charge in [-0.15, -0.1) is 21.5 Å². The number of pyridine rings is 1. The molecule has 3 heterocycles. The molecule has 7 nitrogen and oxygen atoms in total. The second-order valence-corrected chi connectivity index (χ2v) is 7.26. The molecule has 1 unspecified atom stereocenters. The number of rotatable bonds is 7. The summed E-state index contributed by atoms with van der Waals surface area (Å²) in [5.74, 6) is 0.983. The van der Waals surface area contributed by atoms with Crippen LogP contribution in [-0.2, 0) is 4.79 Å². The Morgan fingerprint density at radius 1 is 1.36 bits per heavy atom. The van der Waals surface area contributed by atoms with E-state index in [0.29, 0.717) is 23.3 Å². The van der Waals surface area contributed by atoms with Crippen LogP contribution in [0.4, 0.5) is 0 Å². The number of carbonyl (C=O) groups is 1. The SMILES string of the molecule is Cc1csc(C(C)NC(=O)CCSc2nnc(-c3ccncc3)o2)n1. The molecule has 0 fully saturated rings. The van der Waals surface area contributed by atoms with Crippen molar-refractivity contribution < 1.29 is 9.21 Å². The van der Waals surface area contributed by atoms with Crippen molar-refractivity contribution in [1.29, 1.82) is 0 Å². The third-order valence-corrected chi connectivity index (χ3v) is 5.24. The number of aryl methyl sites for hydroxylation is 1. The first-order valence-corrected chi connectivity index (χ1v) is 9.56. The van der Waals surface area contributed by atoms with E-state index in [1.807, 2.05) is 19.2 Å². The maximum atomic E-state index is 12.0. The molecule has 130 valence electrons. The predicted molar refractivity (Wildman–Crippen MR) is 96.3 cm³/mol. The quantitative estimate of drug-likeness (QED) is 0.633. The first kappa shape index (κ1) is 17.6. The fourth-order valence-corrected chi connectivity index (χ4v) is 3.56. The lowest BCUT2D eigenvalue weighted by molar-refractivity contribution is -0.121. The van der Waals surface area contributed by atoms with Crippen LogP contribution >= 0.6 is 23.1 Å². The van der Waals surface area contributed by atoms with Gasteiger partial charge in [-0.2, -0.15) is 0 Å². The van der Waals surface area contributed by atoms with E-state index >= 15 is 0 Å². The first-order chi connectivity index (χ1) is 12.1. The van der Waals surface area contributed by atoms with E-state index in [2.05, 4.69) is 25.5 Å². The fourth-order valence-electron chi connectivity index (χ4n) is 2.06. The van der Waals surface area contributed by atoms with Gasteiger partial charge in [0.15, 0.2) is 0 Å². The summed E-state index contributed by atoms with van der Waals surface area (Å²) >= 11 is 2.91. The molecule has 3 rings (SSSR count). The Kier molecular flexibility index (Phi) is 5.77. The standard InChI is InChI=1S/C16H17N5O2S2/c1-10-9-25-15(18-10)11(2)19-13(22)5-8-24-16-21-20-14(23-16)12-3-6-17-7-4-12/h3-4,6-7,9,11H,5,8H2,1-2H3,(H,19,22). The molecule has 1 amide bonds. The molecule has 0 radical (unpaired) electrons. The maximum Gasteiger partial charge on any atom is 0.276 e. The molecule has 1 atom stereocenters. The minimum Gasteiger partial charge on any atom is -0.411 e. The van der Waals surface area contributed by atoms with E-state index in [0.717, 1.165) is 16.3 Å². The summed E-state index contributed by atoms with van der Waals surface area (Å²) < 4.78 is 5.58. The lowest BCUT2D eigenvalue weighted by atomic mass is 10.3. The number of amides is 1. The van der Waals surface area contributed by atoms with E-state index in [9.17, 15) is 4.79 Å². The van der Waals surface area contributed by atoms with Gasteiger partial charge in [0.25, 0.3) is 5.22 Å². The van der Waals surface area contributed by atoms with Crippen molar-refractivity contribution in [3.63, 3.8) is 0 Å². The highest BCUT2D eigenvalue weighted by atomic mass is 32.2. The van der Waals surface area contributed by atoms with Gasteiger partial charge in [-0.05, 0) is 26.0 Å². The van der Waals surface area contributed by atoms with Crippen LogP contribution in [0, 0.1) is 6.92 Å². The van der Waals surface area contributed by atoms with E-state index in [1.54, 1.807) is 35.9 Å². The molecule has 0 aliphatic rings. The first-order valence-electron chi connectivity index (χ1n) is 7.70. The molecule has 0 aliphatic carbocycles. The lowest BCUT2D eigenvalue weighted by Gasteiger charge is -2.10. The smallest absolute Gasteiger partial charge is 0.276 e. The van der Waals surface area contributed by atoms with Gasteiger partial charge >= 0.3 is 0 Å². The molecule has 0 saturated carbocycles. The molecule has 0 aromatic carbocycles. The Labute approximate surface area is 153 Å². The number of thiazole rings is 1. The minimum absolute atomic E-state index is 0.0262. The monoisotopic (exact) mass is 375 g/mol. The van der Waals surface area contributed by atoms with Gasteiger partial charge in [-0.3, -0.25) is 9.78 Å². The predicted octanol–water partition coefficient (Wildman–Crippen LogP) is 3.26. The van der Waals surface area contributed by atoms with Gasteiger partial charge in [-0.1, -0.05) is 11.8 Å². The summed E-state index contributed by atoms with van der Waals surface area (Å²) in [7, 11) is 0. The highest BCUT2D eigenvalue weighted by Crippen LogP contribution is 2.23. The molecule has 0 saturated heterocycles. The van der Waals surface area contributed by atoms with Crippen molar-refractivity contribution in [2.45, 2.75) is 31.5 Å². The van der Waals surface area contributed by atoms with Gasteiger partial charge in [0, 0.05) is 41.2 Å². The highest BCUT2D eigenvalue weighted by Gasteiger charge is 2.14. The number of nitrogens with zero attached hydrogens (tertiary/aromatic N) is 4. The van der Waals surface area contributed by atoms with E-state index in [4.69, 9.17) is 4.42 Å². The summed E-state index contributed by atoms with van der Waals surface area (Å²) in [6, 6.07) is 3.52. The molecule has 1 N–H and O–H groups in total. The zero-order valence-electron chi connectivity index (χ0n) is 13.8. The zero-order valence-corrected chi connectivity index (χ0v) is 15.4. The van der Waals surface area contributed by atoms with Gasteiger partial charge in [0.2, 0.25) is 11.8 Å². The number of aromatic nitrogens is 4. The van der Waals surface area contributed by atoms with Gasteiger partial charge in [0.1, 0.15) is 5.01 Å². The average Bonchev–Trinajstić information content (AvgIpc) is 3.25. The van der Waals surface area contributed by atoms with Gasteiger partial charge in [-0.25, -0.2) is 4.98 Å². The van der Waals surface area contributed by atoms with Crippen LogP contribution in [0.1, 0.15) is 30.1 Å². The van der Waals surface area contributed by atoms with Crippen LogP contribution in [0.3, 0.4) is 0 Å². The van der Waals surface area contributed by atoms with E-state index < -0.39 is 0 Å². The Morgan fingerprint density at radius 2 is 2.16 bits per heavy atom. The Bertz CT molecular complexity index is 834. The Hall–Kier alpha value is -2.26. The maximum absolute atomic E-state index is 12.0. The van der Waals surface area contributed by atoms with Gasteiger partial charge < -0.3 is 9.73 Å². The molecule has 3 aromatic heterocycles. The van der Waals surface area contributed by atoms with Crippen LogP contribution in [0.25, 0.3) is 11.5 Å². The van der Waals surface area contributed by atoms with Crippen molar-refractivity contribution in [2.75, 3.05) is 5.75 Å². The molecule has 25 heavy (non-hydrogen) atoms. The Balaban J connectivity index is 1.45. The second-order valence-electron chi connectivity index (χ2n) is 5.32. The van der Waals surface area contributed by atoms with Gasteiger partial charge in [0.05, 0.1) is 6.04 Å². The van der Waals surface area contributed by atoms with Crippen LogP contribution < -0.4 is 5.32 Å². The summed E-state index contributed by atoms with van der Waals surface area (Å²) in [5, 5.41) is 14.3. The number of hydrogen-bond acceptors (Lipinski definition) is 8. The summed E-state index contributed by atoms with van der Waals surface area (Å²) in [4.78, 5) is 20.4. The van der Waals surface area contributed by atoms with Crippen LogP contribution in [-0.4, -0.2) is 31.8 Å². The summed E-state index contributed by atoms with van der Waals surface area (Å²) in [6.07, 6.45) is 3.70. The van der Waals surface area contributed by atoms with Crippen LogP contribution in [0.2, 0.25) is 0 Å². The highest BCUT2D eigenvalue weighted by molar-refractivity contribution is 7.99. The minimum atomic E-state index is -0.0853. The molecular weight excluding hydrogens is 358 g/mol. The molecule has 3 aromatic rings.